The number of hydrogen-bond donors (Lipinski definition) is 2. The Morgan fingerprint density at radius 3 is 2.86 bits per heavy atom. The van der Waals surface area contributed by atoms with E-state index in [1.165, 1.54) is 0 Å². The van der Waals surface area contributed by atoms with Gasteiger partial charge in [0.15, 0.2) is 0 Å². The van der Waals surface area contributed by atoms with E-state index in [1.807, 2.05) is 24.3 Å². The van der Waals surface area contributed by atoms with Gasteiger partial charge in [-0.3, -0.25) is 0 Å². The molecule has 0 aliphatic rings. The van der Waals surface area contributed by atoms with Crippen molar-refractivity contribution >= 4 is 0 Å². The first-order valence-electron chi connectivity index (χ1n) is 6.79. The molecule has 1 atom stereocenters. The van der Waals surface area contributed by atoms with Crippen LogP contribution in [0.1, 0.15) is 25.7 Å². The summed E-state index contributed by atoms with van der Waals surface area (Å²) < 4.78 is 1.61. The molecule has 3 aromatic rings. The minimum atomic E-state index is -0.0959. The molecule has 0 bridgehead atoms. The van der Waals surface area contributed by atoms with Crippen LogP contribution in [0.15, 0.2) is 36.8 Å². The fourth-order valence-corrected chi connectivity index (χ4v) is 2.06. The SMILES string of the molecule is CC(C)C(N)c1ncc(-c2cccc(-n3cnnn3)c2)[nH]1. The lowest BCUT2D eigenvalue weighted by Crippen LogP contribution is -2.18. The van der Waals surface area contributed by atoms with E-state index in [2.05, 4.69) is 39.3 Å². The first-order chi connectivity index (χ1) is 10.1. The summed E-state index contributed by atoms with van der Waals surface area (Å²) in [4.78, 5) is 7.66. The predicted octanol–water partition coefficient (Wildman–Crippen LogP) is 1.71. The van der Waals surface area contributed by atoms with E-state index in [-0.39, 0.29) is 6.04 Å². The molecule has 108 valence electrons. The van der Waals surface area contributed by atoms with Crippen LogP contribution in [-0.4, -0.2) is 30.2 Å². The van der Waals surface area contributed by atoms with Crippen molar-refractivity contribution in [1.29, 1.82) is 0 Å². The normalized spacial score (nSPS) is 12.8. The monoisotopic (exact) mass is 283 g/mol. The minimum Gasteiger partial charge on any atom is -0.341 e. The summed E-state index contributed by atoms with van der Waals surface area (Å²) in [6.45, 7) is 4.15. The smallest absolute Gasteiger partial charge is 0.143 e. The van der Waals surface area contributed by atoms with Gasteiger partial charge in [-0.25, -0.2) is 9.67 Å². The summed E-state index contributed by atoms with van der Waals surface area (Å²) in [7, 11) is 0. The van der Waals surface area contributed by atoms with Crippen LogP contribution >= 0.6 is 0 Å². The van der Waals surface area contributed by atoms with Crippen molar-refractivity contribution in [2.24, 2.45) is 11.7 Å². The summed E-state index contributed by atoms with van der Waals surface area (Å²) in [6.07, 6.45) is 3.36. The van der Waals surface area contributed by atoms with E-state index in [4.69, 9.17) is 5.73 Å². The van der Waals surface area contributed by atoms with Crippen LogP contribution in [0, 0.1) is 5.92 Å². The van der Waals surface area contributed by atoms with Crippen molar-refractivity contribution < 1.29 is 0 Å². The molecule has 3 N–H and O–H groups in total. The van der Waals surface area contributed by atoms with Crippen molar-refractivity contribution in [3.05, 3.63) is 42.6 Å². The number of nitrogens with one attached hydrogen (secondary N) is 1. The van der Waals surface area contributed by atoms with Crippen LogP contribution in [0.3, 0.4) is 0 Å². The van der Waals surface area contributed by atoms with Crippen LogP contribution < -0.4 is 5.73 Å². The highest BCUT2D eigenvalue weighted by Gasteiger charge is 2.14. The number of benzene rings is 1. The molecule has 0 amide bonds. The Kier molecular flexibility index (Phi) is 3.49. The molecule has 1 unspecified atom stereocenters. The van der Waals surface area contributed by atoms with Gasteiger partial charge in [-0.05, 0) is 28.5 Å². The number of nitrogens with two attached hydrogens (primary N) is 1. The zero-order chi connectivity index (χ0) is 14.8. The third-order valence-electron chi connectivity index (χ3n) is 3.40. The molecule has 2 heterocycles. The molecule has 0 spiro atoms. The lowest BCUT2D eigenvalue weighted by Gasteiger charge is -2.12. The molecule has 0 fully saturated rings. The molecule has 0 saturated heterocycles. The average molecular weight is 283 g/mol. The maximum atomic E-state index is 6.11. The zero-order valence-electron chi connectivity index (χ0n) is 11.9. The standard InChI is InChI=1S/C14H17N7/c1-9(2)13(15)14-16-7-12(18-14)10-4-3-5-11(6-10)21-8-17-19-20-21/h3-9,13H,15H2,1-2H3,(H,16,18). The van der Waals surface area contributed by atoms with Crippen LogP contribution in [0.4, 0.5) is 0 Å². The van der Waals surface area contributed by atoms with Gasteiger partial charge in [-0.15, -0.1) is 5.10 Å². The first-order valence-corrected chi connectivity index (χ1v) is 6.79. The number of aromatic amines is 1. The van der Waals surface area contributed by atoms with Crippen LogP contribution in [-0.2, 0) is 0 Å². The van der Waals surface area contributed by atoms with Crippen molar-refractivity contribution in [3.8, 4) is 16.9 Å². The van der Waals surface area contributed by atoms with Gasteiger partial charge in [0.1, 0.15) is 12.2 Å². The maximum Gasteiger partial charge on any atom is 0.143 e. The van der Waals surface area contributed by atoms with Gasteiger partial charge in [0.05, 0.1) is 23.6 Å². The summed E-state index contributed by atoms with van der Waals surface area (Å²) in [6, 6.07) is 7.80. The number of tetrazole rings is 1. The Labute approximate surface area is 122 Å². The van der Waals surface area contributed by atoms with Gasteiger partial charge < -0.3 is 10.7 Å². The maximum absolute atomic E-state index is 6.11. The number of nitrogens with zero attached hydrogens (tertiary/aromatic N) is 5. The van der Waals surface area contributed by atoms with Gasteiger partial charge in [-0.2, -0.15) is 0 Å². The van der Waals surface area contributed by atoms with Crippen molar-refractivity contribution in [2.45, 2.75) is 19.9 Å². The van der Waals surface area contributed by atoms with Gasteiger partial charge in [-0.1, -0.05) is 26.0 Å². The molecule has 0 aliphatic carbocycles. The number of rotatable bonds is 4. The molecular formula is C14H17N7. The Bertz CT molecular complexity index is 715. The first kappa shape index (κ1) is 13.4. The van der Waals surface area contributed by atoms with E-state index >= 15 is 0 Å². The predicted molar refractivity (Wildman–Crippen MR) is 78.5 cm³/mol. The second-order valence-corrected chi connectivity index (χ2v) is 5.26. The third kappa shape index (κ3) is 2.68. The number of H-pyrrole nitrogens is 1. The van der Waals surface area contributed by atoms with Crippen molar-refractivity contribution in [3.63, 3.8) is 0 Å². The fourth-order valence-electron chi connectivity index (χ4n) is 2.06. The second-order valence-electron chi connectivity index (χ2n) is 5.26. The molecule has 0 aliphatic heterocycles. The van der Waals surface area contributed by atoms with Crippen LogP contribution in [0.5, 0.6) is 0 Å². The largest absolute Gasteiger partial charge is 0.341 e. The number of imidazole rings is 1. The highest BCUT2D eigenvalue weighted by Crippen LogP contribution is 2.23. The Morgan fingerprint density at radius 1 is 1.29 bits per heavy atom. The molecule has 7 heteroatoms. The second kappa shape index (κ2) is 5.45. The minimum absolute atomic E-state index is 0.0959. The Balaban J connectivity index is 1.93. The van der Waals surface area contributed by atoms with Crippen LogP contribution in [0.2, 0.25) is 0 Å². The fraction of sp³-hybridized carbons (Fsp3) is 0.286. The van der Waals surface area contributed by atoms with E-state index in [0.717, 1.165) is 22.8 Å². The van der Waals surface area contributed by atoms with E-state index in [9.17, 15) is 0 Å². The van der Waals surface area contributed by atoms with E-state index in [1.54, 1.807) is 17.2 Å². The van der Waals surface area contributed by atoms with Gasteiger partial charge in [0.25, 0.3) is 0 Å². The van der Waals surface area contributed by atoms with Crippen molar-refractivity contribution in [2.75, 3.05) is 0 Å². The van der Waals surface area contributed by atoms with E-state index in [0.29, 0.717) is 5.92 Å². The van der Waals surface area contributed by atoms with Gasteiger partial charge >= 0.3 is 0 Å². The average Bonchev–Trinajstić information content (AvgIpc) is 3.18. The molecule has 21 heavy (non-hydrogen) atoms. The summed E-state index contributed by atoms with van der Waals surface area (Å²) >= 11 is 0. The van der Waals surface area contributed by atoms with Gasteiger partial charge in [0.2, 0.25) is 0 Å². The lowest BCUT2D eigenvalue weighted by atomic mass is 10.1. The molecule has 7 nitrogen and oxygen atoms in total. The Hall–Kier alpha value is -2.54. The summed E-state index contributed by atoms with van der Waals surface area (Å²) in [5, 5.41) is 11.2. The van der Waals surface area contributed by atoms with E-state index < -0.39 is 0 Å². The molecule has 0 saturated carbocycles. The molecule has 0 radical (unpaired) electrons. The molecule has 3 rings (SSSR count). The molecule has 1 aromatic carbocycles. The highest BCUT2D eigenvalue weighted by molar-refractivity contribution is 5.61. The molecule has 2 aromatic heterocycles. The third-order valence-corrected chi connectivity index (χ3v) is 3.40. The topological polar surface area (TPSA) is 98.3 Å². The highest BCUT2D eigenvalue weighted by atomic mass is 15.5. The van der Waals surface area contributed by atoms with Crippen LogP contribution in [0.25, 0.3) is 16.9 Å². The lowest BCUT2D eigenvalue weighted by molar-refractivity contribution is 0.494. The quantitative estimate of drug-likeness (QED) is 0.759. The number of hydrogen-bond acceptors (Lipinski definition) is 5. The number of aromatic nitrogens is 6. The Morgan fingerprint density at radius 2 is 2.14 bits per heavy atom. The summed E-state index contributed by atoms with van der Waals surface area (Å²) in [5.74, 6) is 1.13. The molecular weight excluding hydrogens is 266 g/mol. The summed E-state index contributed by atoms with van der Waals surface area (Å²) in [5.41, 5.74) is 8.94. The van der Waals surface area contributed by atoms with Gasteiger partial charge in [0, 0.05) is 5.56 Å². The van der Waals surface area contributed by atoms with Crippen molar-refractivity contribution in [1.82, 2.24) is 30.2 Å². The zero-order valence-corrected chi connectivity index (χ0v) is 11.9.